The first-order valence-corrected chi connectivity index (χ1v) is 5.52. The van der Waals surface area contributed by atoms with Crippen molar-refractivity contribution in [2.24, 2.45) is 7.05 Å². The number of rotatable bonds is 5. The summed E-state index contributed by atoms with van der Waals surface area (Å²) in [6, 6.07) is 5.85. The highest BCUT2D eigenvalue weighted by Gasteiger charge is 2.03. The fourth-order valence-electron chi connectivity index (χ4n) is 1.28. The van der Waals surface area contributed by atoms with Crippen molar-refractivity contribution in [2.45, 2.75) is 13.3 Å². The van der Waals surface area contributed by atoms with E-state index < -0.39 is 0 Å². The lowest BCUT2D eigenvalue weighted by molar-refractivity contribution is 0.423. The first-order valence-electron chi connectivity index (χ1n) is 5.52. The molecule has 0 amide bonds. The van der Waals surface area contributed by atoms with Gasteiger partial charge < -0.3 is 10.1 Å². The average molecular weight is 233 g/mol. The SMILES string of the molecule is CCCNc1cccc(Oc2ncn(C)n2)n1. The zero-order chi connectivity index (χ0) is 12.1. The van der Waals surface area contributed by atoms with Gasteiger partial charge in [0.2, 0.25) is 5.88 Å². The Labute approximate surface area is 99.7 Å². The van der Waals surface area contributed by atoms with E-state index in [1.165, 1.54) is 0 Å². The molecule has 0 saturated carbocycles. The minimum Gasteiger partial charge on any atom is -0.404 e. The molecule has 6 heteroatoms. The largest absolute Gasteiger partial charge is 0.404 e. The molecule has 0 bridgehead atoms. The molecule has 0 aromatic carbocycles. The van der Waals surface area contributed by atoms with E-state index in [2.05, 4.69) is 27.3 Å². The predicted molar refractivity (Wildman–Crippen MR) is 64.1 cm³/mol. The van der Waals surface area contributed by atoms with Gasteiger partial charge in [0, 0.05) is 19.7 Å². The van der Waals surface area contributed by atoms with E-state index in [-0.39, 0.29) is 0 Å². The van der Waals surface area contributed by atoms with Crippen LogP contribution in [-0.4, -0.2) is 26.3 Å². The van der Waals surface area contributed by atoms with Crippen LogP contribution in [0.2, 0.25) is 0 Å². The number of anilines is 1. The molecule has 90 valence electrons. The Kier molecular flexibility index (Phi) is 3.54. The molecule has 2 aromatic rings. The first kappa shape index (κ1) is 11.4. The van der Waals surface area contributed by atoms with E-state index in [0.29, 0.717) is 11.9 Å². The van der Waals surface area contributed by atoms with Gasteiger partial charge in [0.05, 0.1) is 0 Å². The summed E-state index contributed by atoms with van der Waals surface area (Å²) in [4.78, 5) is 8.26. The average Bonchev–Trinajstić information content (AvgIpc) is 2.73. The highest BCUT2D eigenvalue weighted by atomic mass is 16.5. The van der Waals surface area contributed by atoms with E-state index in [1.807, 2.05) is 12.1 Å². The summed E-state index contributed by atoms with van der Waals surface area (Å²) in [5, 5.41) is 7.21. The molecule has 1 N–H and O–H groups in total. The molecule has 0 aliphatic carbocycles. The molecule has 0 spiro atoms. The van der Waals surface area contributed by atoms with Crippen molar-refractivity contribution >= 4 is 5.82 Å². The molecule has 0 aliphatic rings. The Morgan fingerprint density at radius 1 is 1.41 bits per heavy atom. The lowest BCUT2D eigenvalue weighted by Crippen LogP contribution is -2.02. The monoisotopic (exact) mass is 233 g/mol. The maximum Gasteiger partial charge on any atom is 0.342 e. The minimum absolute atomic E-state index is 0.299. The number of hydrogen-bond acceptors (Lipinski definition) is 5. The van der Waals surface area contributed by atoms with Crippen LogP contribution in [0.15, 0.2) is 24.5 Å². The summed E-state index contributed by atoms with van der Waals surface area (Å²) in [5.74, 6) is 1.28. The van der Waals surface area contributed by atoms with Crippen molar-refractivity contribution in [1.29, 1.82) is 0 Å². The molecule has 0 unspecified atom stereocenters. The summed E-state index contributed by atoms with van der Waals surface area (Å²) in [6.45, 7) is 2.99. The smallest absolute Gasteiger partial charge is 0.342 e. The molecule has 0 aliphatic heterocycles. The van der Waals surface area contributed by atoms with Gasteiger partial charge in [-0.05, 0) is 12.5 Å². The van der Waals surface area contributed by atoms with Crippen molar-refractivity contribution in [3.63, 3.8) is 0 Å². The molecule has 2 aromatic heterocycles. The van der Waals surface area contributed by atoms with Crippen molar-refractivity contribution in [2.75, 3.05) is 11.9 Å². The quantitative estimate of drug-likeness (QED) is 0.853. The highest BCUT2D eigenvalue weighted by Crippen LogP contribution is 2.16. The van der Waals surface area contributed by atoms with Gasteiger partial charge in [0.25, 0.3) is 0 Å². The zero-order valence-corrected chi connectivity index (χ0v) is 9.92. The summed E-state index contributed by atoms with van der Waals surface area (Å²) in [6.07, 6.45) is 2.63. The van der Waals surface area contributed by atoms with Gasteiger partial charge in [-0.3, -0.25) is 4.68 Å². The molecule has 0 atom stereocenters. The normalized spacial score (nSPS) is 10.2. The molecule has 2 heterocycles. The summed E-state index contributed by atoms with van der Waals surface area (Å²) >= 11 is 0. The van der Waals surface area contributed by atoms with Crippen LogP contribution in [0.5, 0.6) is 11.9 Å². The van der Waals surface area contributed by atoms with Crippen molar-refractivity contribution in [3.8, 4) is 11.9 Å². The molecule has 0 radical (unpaired) electrons. The van der Waals surface area contributed by atoms with Gasteiger partial charge >= 0.3 is 6.01 Å². The third-order valence-corrected chi connectivity index (χ3v) is 2.05. The maximum atomic E-state index is 5.43. The van der Waals surface area contributed by atoms with Crippen LogP contribution in [0, 0.1) is 0 Å². The summed E-state index contributed by atoms with van der Waals surface area (Å²) in [7, 11) is 1.78. The Bertz CT molecular complexity index is 482. The fourth-order valence-corrected chi connectivity index (χ4v) is 1.28. The van der Waals surface area contributed by atoms with Crippen LogP contribution in [0.25, 0.3) is 0 Å². The summed E-state index contributed by atoms with van der Waals surface area (Å²) in [5.41, 5.74) is 0. The second kappa shape index (κ2) is 5.29. The molecule has 0 saturated heterocycles. The van der Waals surface area contributed by atoms with Crippen LogP contribution in [0.4, 0.5) is 5.82 Å². The Morgan fingerprint density at radius 3 is 3.00 bits per heavy atom. The number of nitrogens with zero attached hydrogens (tertiary/aromatic N) is 4. The van der Waals surface area contributed by atoms with Crippen LogP contribution < -0.4 is 10.1 Å². The Hall–Kier alpha value is -2.11. The molecule has 17 heavy (non-hydrogen) atoms. The second-order valence-corrected chi connectivity index (χ2v) is 3.59. The molecule has 2 rings (SSSR count). The van der Waals surface area contributed by atoms with Crippen molar-refractivity contribution in [3.05, 3.63) is 24.5 Å². The van der Waals surface area contributed by atoms with Gasteiger partial charge in [-0.25, -0.2) is 0 Å². The number of pyridine rings is 1. The maximum absolute atomic E-state index is 5.43. The van der Waals surface area contributed by atoms with E-state index in [9.17, 15) is 0 Å². The van der Waals surface area contributed by atoms with Gasteiger partial charge in [0.1, 0.15) is 12.1 Å². The number of hydrogen-bond donors (Lipinski definition) is 1. The highest BCUT2D eigenvalue weighted by molar-refractivity contribution is 5.37. The van der Waals surface area contributed by atoms with Gasteiger partial charge in [0.15, 0.2) is 0 Å². The Morgan fingerprint density at radius 2 is 2.29 bits per heavy atom. The van der Waals surface area contributed by atoms with Crippen LogP contribution in [0.1, 0.15) is 13.3 Å². The number of aryl methyl sites for hydroxylation is 1. The van der Waals surface area contributed by atoms with E-state index in [0.717, 1.165) is 18.8 Å². The van der Waals surface area contributed by atoms with Gasteiger partial charge in [-0.15, -0.1) is 5.10 Å². The van der Waals surface area contributed by atoms with Gasteiger partial charge in [-0.1, -0.05) is 13.0 Å². The third kappa shape index (κ3) is 3.17. The molecule has 0 fully saturated rings. The van der Waals surface area contributed by atoms with Crippen molar-refractivity contribution < 1.29 is 4.74 Å². The molecule has 6 nitrogen and oxygen atoms in total. The van der Waals surface area contributed by atoms with E-state index >= 15 is 0 Å². The fraction of sp³-hybridized carbons (Fsp3) is 0.364. The van der Waals surface area contributed by atoms with Crippen LogP contribution in [-0.2, 0) is 7.05 Å². The third-order valence-electron chi connectivity index (χ3n) is 2.05. The number of aromatic nitrogens is 4. The van der Waals surface area contributed by atoms with E-state index in [4.69, 9.17) is 4.74 Å². The first-order chi connectivity index (χ1) is 8.28. The van der Waals surface area contributed by atoms with Crippen molar-refractivity contribution in [1.82, 2.24) is 19.7 Å². The van der Waals surface area contributed by atoms with Gasteiger partial charge in [-0.2, -0.15) is 9.97 Å². The standard InChI is InChI=1S/C11H15N5O/c1-3-7-12-9-5-4-6-10(14-9)17-11-13-8-16(2)15-11/h4-6,8H,3,7H2,1-2H3,(H,12,14). The lowest BCUT2D eigenvalue weighted by atomic mass is 10.4. The number of nitrogens with one attached hydrogen (secondary N) is 1. The number of ether oxygens (including phenoxy) is 1. The molecular weight excluding hydrogens is 218 g/mol. The summed E-state index contributed by atoms with van der Waals surface area (Å²) < 4.78 is 7.00. The van der Waals surface area contributed by atoms with Crippen LogP contribution in [0.3, 0.4) is 0 Å². The molecular formula is C11H15N5O. The lowest BCUT2D eigenvalue weighted by Gasteiger charge is -2.05. The zero-order valence-electron chi connectivity index (χ0n) is 9.92. The van der Waals surface area contributed by atoms with Crippen LogP contribution >= 0.6 is 0 Å². The van der Waals surface area contributed by atoms with E-state index in [1.54, 1.807) is 24.1 Å². The topological polar surface area (TPSA) is 64.9 Å². The predicted octanol–water partition coefficient (Wildman–Crippen LogP) is 1.82. The second-order valence-electron chi connectivity index (χ2n) is 3.59. The minimum atomic E-state index is 0.299. The Balaban J connectivity index is 2.05.